The lowest BCUT2D eigenvalue weighted by atomic mass is 10.2. The molecule has 0 spiro atoms. The maximum Gasteiger partial charge on any atom is 0.185 e. The van der Waals surface area contributed by atoms with Gasteiger partial charge in [0, 0.05) is 29.1 Å². The highest BCUT2D eigenvalue weighted by molar-refractivity contribution is 7.14. The van der Waals surface area contributed by atoms with Crippen LogP contribution in [0.4, 0.5) is 5.13 Å². The molecule has 0 atom stereocenters. The Kier molecular flexibility index (Phi) is 3.04. The lowest BCUT2D eigenvalue weighted by Gasteiger charge is -2.12. The molecule has 1 saturated heterocycles. The lowest BCUT2D eigenvalue weighted by Crippen LogP contribution is -2.17. The molecule has 88 valence electrons. The predicted octanol–water partition coefficient (Wildman–Crippen LogP) is 4.06. The number of aromatic nitrogens is 1. The fourth-order valence-electron chi connectivity index (χ4n) is 2.07. The van der Waals surface area contributed by atoms with Gasteiger partial charge in [-0.3, -0.25) is 0 Å². The van der Waals surface area contributed by atoms with Crippen LogP contribution in [0.3, 0.4) is 0 Å². The molecular weight excluding hydrogens is 252 g/mol. The molecule has 1 aliphatic rings. The van der Waals surface area contributed by atoms with Crippen LogP contribution in [0.5, 0.6) is 0 Å². The third-order valence-electron chi connectivity index (χ3n) is 3.01. The van der Waals surface area contributed by atoms with E-state index < -0.39 is 0 Å². The van der Waals surface area contributed by atoms with Gasteiger partial charge in [0.1, 0.15) is 0 Å². The van der Waals surface area contributed by atoms with Crippen LogP contribution < -0.4 is 4.90 Å². The van der Waals surface area contributed by atoms with Gasteiger partial charge in [-0.2, -0.15) is 0 Å². The standard InChI is InChI=1S/C13H13ClN2S/c14-11-5-3-10(4-6-11)12-9-17-13(15-12)16-7-1-2-8-16/h3-6,9H,1-2,7-8H2. The fraction of sp³-hybridized carbons (Fsp3) is 0.308. The number of hydrogen-bond acceptors (Lipinski definition) is 3. The van der Waals surface area contributed by atoms with Crippen molar-refractivity contribution in [2.75, 3.05) is 18.0 Å². The molecule has 0 unspecified atom stereocenters. The highest BCUT2D eigenvalue weighted by atomic mass is 35.5. The van der Waals surface area contributed by atoms with E-state index in [1.807, 2.05) is 24.3 Å². The molecule has 0 radical (unpaired) electrons. The van der Waals surface area contributed by atoms with Crippen LogP contribution in [0.15, 0.2) is 29.6 Å². The Morgan fingerprint density at radius 1 is 1.12 bits per heavy atom. The summed E-state index contributed by atoms with van der Waals surface area (Å²) in [7, 11) is 0. The summed E-state index contributed by atoms with van der Waals surface area (Å²) >= 11 is 7.61. The molecule has 0 amide bonds. The largest absolute Gasteiger partial charge is 0.348 e. The molecule has 1 aromatic heterocycles. The van der Waals surface area contributed by atoms with Crippen molar-refractivity contribution in [3.8, 4) is 11.3 Å². The van der Waals surface area contributed by atoms with Gasteiger partial charge in [-0.25, -0.2) is 4.98 Å². The first-order valence-electron chi connectivity index (χ1n) is 5.79. The van der Waals surface area contributed by atoms with Crippen molar-refractivity contribution in [1.29, 1.82) is 0 Å². The smallest absolute Gasteiger partial charge is 0.185 e. The number of anilines is 1. The number of halogens is 1. The zero-order valence-electron chi connectivity index (χ0n) is 9.40. The van der Waals surface area contributed by atoms with Gasteiger partial charge in [0.2, 0.25) is 0 Å². The second-order valence-electron chi connectivity index (χ2n) is 4.22. The van der Waals surface area contributed by atoms with Gasteiger partial charge < -0.3 is 4.90 Å². The van der Waals surface area contributed by atoms with Gasteiger partial charge in [-0.15, -0.1) is 11.3 Å². The van der Waals surface area contributed by atoms with E-state index >= 15 is 0 Å². The average molecular weight is 265 g/mol. The summed E-state index contributed by atoms with van der Waals surface area (Å²) in [6.07, 6.45) is 2.58. The van der Waals surface area contributed by atoms with E-state index in [4.69, 9.17) is 16.6 Å². The molecule has 17 heavy (non-hydrogen) atoms. The summed E-state index contributed by atoms with van der Waals surface area (Å²) in [6, 6.07) is 7.85. The van der Waals surface area contributed by atoms with Gasteiger partial charge in [-0.05, 0) is 25.0 Å². The highest BCUT2D eigenvalue weighted by Gasteiger charge is 2.15. The Balaban J connectivity index is 1.86. The number of nitrogens with zero attached hydrogens (tertiary/aromatic N) is 2. The molecule has 2 aromatic rings. The summed E-state index contributed by atoms with van der Waals surface area (Å²) in [6.45, 7) is 2.29. The van der Waals surface area contributed by atoms with E-state index in [0.29, 0.717) is 0 Å². The number of rotatable bonds is 2. The minimum Gasteiger partial charge on any atom is -0.348 e. The van der Waals surface area contributed by atoms with Crippen molar-refractivity contribution in [3.05, 3.63) is 34.7 Å². The summed E-state index contributed by atoms with van der Waals surface area (Å²) in [5.74, 6) is 0. The van der Waals surface area contributed by atoms with Gasteiger partial charge >= 0.3 is 0 Å². The number of thiazole rings is 1. The molecule has 0 N–H and O–H groups in total. The van der Waals surface area contributed by atoms with Gasteiger partial charge in [-0.1, -0.05) is 23.7 Å². The minimum atomic E-state index is 0.767. The number of benzene rings is 1. The van der Waals surface area contributed by atoms with Crippen LogP contribution in [0, 0.1) is 0 Å². The summed E-state index contributed by atoms with van der Waals surface area (Å²) < 4.78 is 0. The molecule has 1 aliphatic heterocycles. The van der Waals surface area contributed by atoms with E-state index in [2.05, 4.69) is 10.3 Å². The highest BCUT2D eigenvalue weighted by Crippen LogP contribution is 2.29. The Morgan fingerprint density at radius 2 is 1.82 bits per heavy atom. The first-order valence-corrected chi connectivity index (χ1v) is 7.05. The van der Waals surface area contributed by atoms with Crippen molar-refractivity contribution in [2.45, 2.75) is 12.8 Å². The SMILES string of the molecule is Clc1ccc(-c2csc(N3CCCC3)n2)cc1. The number of hydrogen-bond donors (Lipinski definition) is 0. The molecule has 2 nitrogen and oxygen atoms in total. The molecular formula is C13H13ClN2S. The zero-order chi connectivity index (χ0) is 11.7. The Hall–Kier alpha value is -1.06. The fourth-order valence-corrected chi connectivity index (χ4v) is 3.09. The third kappa shape index (κ3) is 2.31. The van der Waals surface area contributed by atoms with Gasteiger partial charge in [0.05, 0.1) is 5.69 Å². The lowest BCUT2D eigenvalue weighted by molar-refractivity contribution is 0.949. The van der Waals surface area contributed by atoms with Gasteiger partial charge in [0.15, 0.2) is 5.13 Å². The summed E-state index contributed by atoms with van der Waals surface area (Å²) in [5.41, 5.74) is 2.18. The van der Waals surface area contributed by atoms with Crippen molar-refractivity contribution in [2.24, 2.45) is 0 Å². The maximum atomic E-state index is 5.88. The molecule has 2 heterocycles. The monoisotopic (exact) mass is 264 g/mol. The normalized spacial score (nSPS) is 15.5. The molecule has 4 heteroatoms. The quantitative estimate of drug-likeness (QED) is 0.813. The van der Waals surface area contributed by atoms with Crippen LogP contribution in [-0.2, 0) is 0 Å². The Morgan fingerprint density at radius 3 is 2.53 bits per heavy atom. The molecule has 0 bridgehead atoms. The molecule has 0 saturated carbocycles. The van der Waals surface area contributed by atoms with E-state index in [9.17, 15) is 0 Å². The van der Waals surface area contributed by atoms with Crippen LogP contribution in [0.1, 0.15) is 12.8 Å². The second-order valence-corrected chi connectivity index (χ2v) is 5.49. The van der Waals surface area contributed by atoms with Gasteiger partial charge in [0.25, 0.3) is 0 Å². The predicted molar refractivity (Wildman–Crippen MR) is 74.0 cm³/mol. The third-order valence-corrected chi connectivity index (χ3v) is 4.16. The first kappa shape index (κ1) is 11.1. The first-order chi connectivity index (χ1) is 8.33. The van der Waals surface area contributed by atoms with Crippen LogP contribution in [0.2, 0.25) is 5.02 Å². The zero-order valence-corrected chi connectivity index (χ0v) is 11.0. The van der Waals surface area contributed by atoms with E-state index in [1.165, 1.54) is 12.8 Å². The molecule has 3 rings (SSSR count). The summed E-state index contributed by atoms with van der Waals surface area (Å²) in [5, 5.41) is 4.04. The van der Waals surface area contributed by atoms with Crippen LogP contribution in [-0.4, -0.2) is 18.1 Å². The molecule has 1 aromatic carbocycles. The van der Waals surface area contributed by atoms with E-state index in [-0.39, 0.29) is 0 Å². The van der Waals surface area contributed by atoms with Crippen molar-refractivity contribution in [1.82, 2.24) is 4.98 Å². The van der Waals surface area contributed by atoms with Crippen LogP contribution >= 0.6 is 22.9 Å². The van der Waals surface area contributed by atoms with Crippen molar-refractivity contribution < 1.29 is 0 Å². The Bertz CT molecular complexity index is 500. The van der Waals surface area contributed by atoms with Crippen LogP contribution in [0.25, 0.3) is 11.3 Å². The minimum absolute atomic E-state index is 0.767. The van der Waals surface area contributed by atoms with Crippen molar-refractivity contribution in [3.63, 3.8) is 0 Å². The Labute approximate surface area is 110 Å². The summed E-state index contributed by atoms with van der Waals surface area (Å²) in [4.78, 5) is 7.06. The maximum absolute atomic E-state index is 5.88. The second kappa shape index (κ2) is 4.67. The molecule has 0 aliphatic carbocycles. The van der Waals surface area contributed by atoms with E-state index in [0.717, 1.165) is 34.5 Å². The average Bonchev–Trinajstić information content (AvgIpc) is 3.00. The van der Waals surface area contributed by atoms with Crippen molar-refractivity contribution >= 4 is 28.1 Å². The molecule has 1 fully saturated rings. The van der Waals surface area contributed by atoms with E-state index in [1.54, 1.807) is 11.3 Å². The topological polar surface area (TPSA) is 16.1 Å².